The number of carbonyl (C=O) groups excluding carboxylic acids is 3. The van der Waals surface area contributed by atoms with Crippen LogP contribution in [0.2, 0.25) is 0 Å². The van der Waals surface area contributed by atoms with E-state index in [9.17, 15) is 23.2 Å². The highest BCUT2D eigenvalue weighted by molar-refractivity contribution is 5.89. The fourth-order valence-electron chi connectivity index (χ4n) is 2.85. The van der Waals surface area contributed by atoms with Gasteiger partial charge in [-0.1, -0.05) is 6.07 Å². The van der Waals surface area contributed by atoms with Crippen molar-refractivity contribution in [1.29, 1.82) is 0 Å². The predicted molar refractivity (Wildman–Crippen MR) is 78.2 cm³/mol. The summed E-state index contributed by atoms with van der Waals surface area (Å²) in [6.45, 7) is 0. The fourth-order valence-corrected chi connectivity index (χ4v) is 2.85. The molecule has 1 saturated carbocycles. The van der Waals surface area contributed by atoms with Gasteiger partial charge in [-0.25, -0.2) is 8.78 Å². The van der Waals surface area contributed by atoms with E-state index in [0.717, 1.165) is 12.1 Å². The summed E-state index contributed by atoms with van der Waals surface area (Å²) in [5.41, 5.74) is 4.93. The van der Waals surface area contributed by atoms with Gasteiger partial charge in [0.1, 0.15) is 23.5 Å². The maximum atomic E-state index is 13.6. The van der Waals surface area contributed by atoms with Crippen molar-refractivity contribution in [2.75, 3.05) is 0 Å². The minimum Gasteiger partial charge on any atom is -0.368 e. The number of amides is 2. The second-order valence-corrected chi connectivity index (χ2v) is 5.72. The Labute approximate surface area is 132 Å². The number of ketones is 1. The van der Waals surface area contributed by atoms with Crippen molar-refractivity contribution in [2.24, 2.45) is 11.7 Å². The number of rotatable bonds is 5. The Kier molecular flexibility index (Phi) is 5.41. The van der Waals surface area contributed by atoms with Crippen molar-refractivity contribution in [1.82, 2.24) is 5.32 Å². The Hall–Kier alpha value is -2.31. The first kappa shape index (κ1) is 17.1. The molecule has 2 amide bonds. The Morgan fingerprint density at radius 2 is 1.96 bits per heavy atom. The van der Waals surface area contributed by atoms with Crippen molar-refractivity contribution in [2.45, 2.75) is 38.1 Å². The third-order valence-electron chi connectivity index (χ3n) is 4.01. The van der Waals surface area contributed by atoms with E-state index in [4.69, 9.17) is 5.73 Å². The molecule has 2 atom stereocenters. The Morgan fingerprint density at radius 1 is 1.30 bits per heavy atom. The van der Waals surface area contributed by atoms with Gasteiger partial charge in [0.15, 0.2) is 0 Å². The molecule has 0 radical (unpaired) electrons. The van der Waals surface area contributed by atoms with Crippen molar-refractivity contribution in [3.05, 3.63) is 35.4 Å². The van der Waals surface area contributed by atoms with E-state index >= 15 is 0 Å². The maximum absolute atomic E-state index is 13.6. The summed E-state index contributed by atoms with van der Waals surface area (Å²) in [7, 11) is 0. The monoisotopic (exact) mass is 324 g/mol. The summed E-state index contributed by atoms with van der Waals surface area (Å²) in [6, 6.07) is 2.29. The average molecular weight is 324 g/mol. The minimum atomic E-state index is -1.01. The van der Waals surface area contributed by atoms with E-state index in [1.165, 1.54) is 6.07 Å². The predicted octanol–water partition coefficient (Wildman–Crippen LogP) is 1.24. The molecule has 3 N–H and O–H groups in total. The molecule has 1 fully saturated rings. The number of Topliss-reactive ketones (excluding diaryl/α,β-unsaturated/α-hetero) is 1. The Bertz CT molecular complexity index is 614. The van der Waals surface area contributed by atoms with Gasteiger partial charge in [-0.3, -0.25) is 14.4 Å². The highest BCUT2D eigenvalue weighted by atomic mass is 19.1. The lowest BCUT2D eigenvalue weighted by molar-refractivity contribution is -0.130. The van der Waals surface area contributed by atoms with Crippen LogP contribution in [0.3, 0.4) is 0 Å². The molecular formula is C16H18F2N2O3. The van der Waals surface area contributed by atoms with Crippen LogP contribution in [-0.4, -0.2) is 23.6 Å². The van der Waals surface area contributed by atoms with Gasteiger partial charge in [-0.2, -0.15) is 0 Å². The van der Waals surface area contributed by atoms with Crippen LogP contribution in [0.5, 0.6) is 0 Å². The zero-order valence-electron chi connectivity index (χ0n) is 12.5. The van der Waals surface area contributed by atoms with Gasteiger partial charge in [0, 0.05) is 18.4 Å². The summed E-state index contributed by atoms with van der Waals surface area (Å²) in [5, 5.41) is 2.41. The zero-order chi connectivity index (χ0) is 17.0. The molecule has 0 saturated heterocycles. The molecule has 124 valence electrons. The number of hydrogen-bond donors (Lipinski definition) is 2. The van der Waals surface area contributed by atoms with E-state index in [-0.39, 0.29) is 23.7 Å². The molecule has 23 heavy (non-hydrogen) atoms. The van der Waals surface area contributed by atoms with E-state index in [1.54, 1.807) is 0 Å². The van der Waals surface area contributed by atoms with E-state index in [2.05, 4.69) is 5.32 Å². The summed E-state index contributed by atoms with van der Waals surface area (Å²) < 4.78 is 27.1. The summed E-state index contributed by atoms with van der Waals surface area (Å²) >= 11 is 0. The first-order chi connectivity index (χ1) is 10.9. The molecule has 5 nitrogen and oxygen atoms in total. The summed E-state index contributed by atoms with van der Waals surface area (Å²) in [5.74, 6) is -3.49. The average Bonchev–Trinajstić information content (AvgIpc) is 2.48. The number of benzene rings is 1. The van der Waals surface area contributed by atoms with Crippen molar-refractivity contribution >= 4 is 17.6 Å². The van der Waals surface area contributed by atoms with Crippen LogP contribution >= 0.6 is 0 Å². The molecule has 0 unspecified atom stereocenters. The minimum absolute atomic E-state index is 0.0156. The van der Waals surface area contributed by atoms with E-state index in [0.29, 0.717) is 19.3 Å². The SMILES string of the molecule is NC(=O)[C@H](NC(=O)Cc1c(F)cccc1F)[C@@H]1CCCC(=O)C1. The fraction of sp³-hybridized carbons (Fsp3) is 0.438. The lowest BCUT2D eigenvalue weighted by Crippen LogP contribution is -2.50. The Balaban J connectivity index is 2.06. The van der Waals surface area contributed by atoms with Gasteiger partial charge in [0.2, 0.25) is 11.8 Å². The number of primary amides is 1. The molecule has 2 rings (SSSR count). The second-order valence-electron chi connectivity index (χ2n) is 5.72. The molecule has 1 aliphatic rings. The molecule has 0 aliphatic heterocycles. The standard InChI is InChI=1S/C16H18F2N2O3/c17-12-5-2-6-13(18)11(12)8-14(22)20-15(16(19)23)9-3-1-4-10(21)7-9/h2,5-6,9,15H,1,3-4,7-8H2,(H2,19,23)(H,20,22)/t9-,15-/m1/s1. The number of nitrogens with two attached hydrogens (primary N) is 1. The quantitative estimate of drug-likeness (QED) is 0.854. The molecule has 1 aliphatic carbocycles. The molecule has 1 aromatic carbocycles. The van der Waals surface area contributed by atoms with Crippen LogP contribution in [0.25, 0.3) is 0 Å². The second kappa shape index (κ2) is 7.30. The molecule has 1 aromatic rings. The van der Waals surface area contributed by atoms with Crippen LogP contribution < -0.4 is 11.1 Å². The van der Waals surface area contributed by atoms with Crippen molar-refractivity contribution in [3.8, 4) is 0 Å². The number of carbonyl (C=O) groups is 3. The first-order valence-corrected chi connectivity index (χ1v) is 7.41. The van der Waals surface area contributed by atoms with Crippen LogP contribution in [-0.2, 0) is 20.8 Å². The maximum Gasteiger partial charge on any atom is 0.240 e. The largest absolute Gasteiger partial charge is 0.368 e. The summed E-state index contributed by atoms with van der Waals surface area (Å²) in [4.78, 5) is 35.1. The van der Waals surface area contributed by atoms with Gasteiger partial charge in [-0.05, 0) is 30.9 Å². The van der Waals surface area contributed by atoms with Gasteiger partial charge in [0.05, 0.1) is 6.42 Å². The lowest BCUT2D eigenvalue weighted by Gasteiger charge is -2.28. The summed E-state index contributed by atoms with van der Waals surface area (Å²) in [6.07, 6.45) is 1.31. The van der Waals surface area contributed by atoms with Crippen LogP contribution in [0.15, 0.2) is 18.2 Å². The highest BCUT2D eigenvalue weighted by Crippen LogP contribution is 2.24. The number of nitrogens with one attached hydrogen (secondary N) is 1. The number of halogens is 2. The van der Waals surface area contributed by atoms with Gasteiger partial charge < -0.3 is 11.1 Å². The lowest BCUT2D eigenvalue weighted by atomic mass is 9.82. The van der Waals surface area contributed by atoms with Crippen molar-refractivity contribution in [3.63, 3.8) is 0 Å². The molecule has 0 aromatic heterocycles. The van der Waals surface area contributed by atoms with Crippen LogP contribution in [0.1, 0.15) is 31.2 Å². The molecular weight excluding hydrogens is 306 g/mol. The first-order valence-electron chi connectivity index (χ1n) is 7.41. The smallest absolute Gasteiger partial charge is 0.240 e. The van der Waals surface area contributed by atoms with Crippen LogP contribution in [0, 0.1) is 17.6 Å². The highest BCUT2D eigenvalue weighted by Gasteiger charge is 2.32. The normalized spacial score (nSPS) is 19.2. The molecule has 0 spiro atoms. The molecule has 0 heterocycles. The zero-order valence-corrected chi connectivity index (χ0v) is 12.5. The topological polar surface area (TPSA) is 89.3 Å². The molecule has 7 heteroatoms. The van der Waals surface area contributed by atoms with Gasteiger partial charge in [-0.15, -0.1) is 0 Å². The third kappa shape index (κ3) is 4.34. The van der Waals surface area contributed by atoms with Crippen LogP contribution in [0.4, 0.5) is 8.78 Å². The van der Waals surface area contributed by atoms with Gasteiger partial charge >= 0.3 is 0 Å². The Morgan fingerprint density at radius 3 is 2.52 bits per heavy atom. The molecule has 0 bridgehead atoms. The van der Waals surface area contributed by atoms with E-state index < -0.39 is 35.9 Å². The van der Waals surface area contributed by atoms with E-state index in [1.807, 2.05) is 0 Å². The number of hydrogen-bond acceptors (Lipinski definition) is 3. The van der Waals surface area contributed by atoms with Gasteiger partial charge in [0.25, 0.3) is 0 Å². The third-order valence-corrected chi connectivity index (χ3v) is 4.01. The van der Waals surface area contributed by atoms with Crippen molar-refractivity contribution < 1.29 is 23.2 Å².